The van der Waals surface area contributed by atoms with Crippen LogP contribution in [0.3, 0.4) is 0 Å². The van der Waals surface area contributed by atoms with Crippen molar-refractivity contribution in [2.24, 2.45) is 0 Å². The van der Waals surface area contributed by atoms with Crippen LogP contribution in [-0.2, 0) is 0 Å². The number of hydrogen-bond donors (Lipinski definition) is 2. The normalized spacial score (nSPS) is 11.8. The predicted molar refractivity (Wildman–Crippen MR) is 65.7 cm³/mol. The highest BCUT2D eigenvalue weighted by Crippen LogP contribution is 2.21. The second-order valence-corrected chi connectivity index (χ2v) is 3.77. The maximum absolute atomic E-state index is 9.05. The third-order valence-electron chi connectivity index (χ3n) is 2.52. The number of aromatic nitrogens is 1. The molecule has 0 aliphatic carbocycles. The Bertz CT molecular complexity index is 514. The molecule has 92 valence electrons. The van der Waals surface area contributed by atoms with Gasteiger partial charge in [-0.2, -0.15) is 5.26 Å². The largest absolute Gasteiger partial charge is 0.467 e. The summed E-state index contributed by atoms with van der Waals surface area (Å²) < 4.78 is 5.31. The van der Waals surface area contributed by atoms with Gasteiger partial charge in [-0.05, 0) is 30.7 Å². The molecule has 2 N–H and O–H groups in total. The second-order valence-electron chi connectivity index (χ2n) is 3.77. The lowest BCUT2D eigenvalue weighted by atomic mass is 10.1. The van der Waals surface area contributed by atoms with Crippen molar-refractivity contribution in [2.45, 2.75) is 12.5 Å². The number of furan rings is 1. The quantitative estimate of drug-likeness (QED) is 0.840. The highest BCUT2D eigenvalue weighted by atomic mass is 16.3. The Morgan fingerprint density at radius 3 is 2.89 bits per heavy atom. The van der Waals surface area contributed by atoms with Gasteiger partial charge in [0, 0.05) is 12.8 Å². The van der Waals surface area contributed by atoms with Gasteiger partial charge in [0.15, 0.2) is 0 Å². The van der Waals surface area contributed by atoms with E-state index in [9.17, 15) is 0 Å². The summed E-state index contributed by atoms with van der Waals surface area (Å²) in [4.78, 5) is 4.12. The molecule has 0 saturated heterocycles. The lowest BCUT2D eigenvalue weighted by molar-refractivity contribution is 0.273. The first kappa shape index (κ1) is 12.1. The van der Waals surface area contributed by atoms with Crippen LogP contribution in [-0.4, -0.2) is 16.7 Å². The minimum Gasteiger partial charge on any atom is -0.467 e. The summed E-state index contributed by atoms with van der Waals surface area (Å²) in [7, 11) is 0. The van der Waals surface area contributed by atoms with Crippen molar-refractivity contribution in [2.75, 3.05) is 11.9 Å². The van der Waals surface area contributed by atoms with Crippen LogP contribution in [0.4, 0.5) is 5.82 Å². The molecule has 2 rings (SSSR count). The van der Waals surface area contributed by atoms with Crippen molar-refractivity contribution in [1.82, 2.24) is 4.98 Å². The number of aliphatic hydroxyl groups is 1. The molecule has 5 heteroatoms. The van der Waals surface area contributed by atoms with Crippen LogP contribution in [0.2, 0.25) is 0 Å². The van der Waals surface area contributed by atoms with Crippen LogP contribution >= 0.6 is 0 Å². The van der Waals surface area contributed by atoms with Crippen molar-refractivity contribution < 1.29 is 9.52 Å². The Morgan fingerprint density at radius 1 is 1.44 bits per heavy atom. The Labute approximate surface area is 105 Å². The van der Waals surface area contributed by atoms with Gasteiger partial charge in [0.05, 0.1) is 17.9 Å². The molecule has 0 spiro atoms. The standard InChI is InChI=1S/C13H13N3O2/c14-8-10-3-4-13(15-9-10)16-11(5-6-17)12-2-1-7-18-12/h1-4,7,9,11,17H,5-6H2,(H,15,16). The van der Waals surface area contributed by atoms with E-state index in [1.165, 1.54) is 6.20 Å². The molecule has 1 unspecified atom stereocenters. The number of anilines is 1. The summed E-state index contributed by atoms with van der Waals surface area (Å²) in [6.45, 7) is 0.0502. The van der Waals surface area contributed by atoms with Gasteiger partial charge in [-0.25, -0.2) is 4.98 Å². The fourth-order valence-electron chi connectivity index (χ4n) is 1.63. The van der Waals surface area contributed by atoms with Crippen LogP contribution in [0, 0.1) is 11.3 Å². The van der Waals surface area contributed by atoms with Gasteiger partial charge in [0.1, 0.15) is 17.6 Å². The van der Waals surface area contributed by atoms with Crippen LogP contribution in [0.15, 0.2) is 41.1 Å². The zero-order chi connectivity index (χ0) is 12.8. The number of pyridine rings is 1. The summed E-state index contributed by atoms with van der Waals surface area (Å²) in [5.74, 6) is 1.39. The number of hydrogen-bond acceptors (Lipinski definition) is 5. The fourth-order valence-corrected chi connectivity index (χ4v) is 1.63. The highest BCUT2D eigenvalue weighted by molar-refractivity contribution is 5.40. The number of nitrogens with one attached hydrogen (secondary N) is 1. The number of nitrogens with zero attached hydrogens (tertiary/aromatic N) is 2. The SMILES string of the molecule is N#Cc1ccc(NC(CCO)c2ccco2)nc1. The molecule has 2 aromatic rings. The van der Waals surface area contributed by atoms with Crippen LogP contribution in [0.25, 0.3) is 0 Å². The molecule has 2 heterocycles. The van der Waals surface area contributed by atoms with E-state index in [0.717, 1.165) is 5.76 Å². The highest BCUT2D eigenvalue weighted by Gasteiger charge is 2.13. The molecule has 1 atom stereocenters. The average molecular weight is 243 g/mol. The van der Waals surface area contributed by atoms with E-state index in [0.29, 0.717) is 17.8 Å². The lowest BCUT2D eigenvalue weighted by Crippen LogP contribution is -2.12. The molecule has 0 saturated carbocycles. The first-order valence-corrected chi connectivity index (χ1v) is 5.60. The van der Waals surface area contributed by atoms with Crippen molar-refractivity contribution in [3.8, 4) is 6.07 Å². The fraction of sp³-hybridized carbons (Fsp3) is 0.231. The van der Waals surface area contributed by atoms with E-state index < -0.39 is 0 Å². The van der Waals surface area contributed by atoms with Gasteiger partial charge in [-0.3, -0.25) is 0 Å². The Balaban J connectivity index is 2.11. The topological polar surface area (TPSA) is 82.1 Å². The third-order valence-corrected chi connectivity index (χ3v) is 2.52. The molecule has 0 fully saturated rings. The molecule has 2 aromatic heterocycles. The first-order chi connectivity index (χ1) is 8.83. The number of aliphatic hydroxyl groups excluding tert-OH is 1. The minimum atomic E-state index is -0.134. The second kappa shape index (κ2) is 5.84. The lowest BCUT2D eigenvalue weighted by Gasteiger charge is -2.15. The van der Waals surface area contributed by atoms with Gasteiger partial charge in [-0.15, -0.1) is 0 Å². The first-order valence-electron chi connectivity index (χ1n) is 5.60. The van der Waals surface area contributed by atoms with Crippen molar-refractivity contribution in [3.63, 3.8) is 0 Å². The molecule has 0 aromatic carbocycles. The molecule has 0 aliphatic heterocycles. The van der Waals surface area contributed by atoms with Gasteiger partial charge in [0.25, 0.3) is 0 Å². The van der Waals surface area contributed by atoms with Crippen LogP contribution in [0.5, 0.6) is 0 Å². The van der Waals surface area contributed by atoms with E-state index >= 15 is 0 Å². The molecule has 18 heavy (non-hydrogen) atoms. The van der Waals surface area contributed by atoms with Gasteiger partial charge >= 0.3 is 0 Å². The van der Waals surface area contributed by atoms with Crippen LogP contribution in [0.1, 0.15) is 23.8 Å². The van der Waals surface area contributed by atoms with Gasteiger partial charge in [0.2, 0.25) is 0 Å². The molecule has 0 radical (unpaired) electrons. The summed E-state index contributed by atoms with van der Waals surface area (Å²) in [6.07, 6.45) is 3.61. The van der Waals surface area contributed by atoms with E-state index in [-0.39, 0.29) is 12.6 Å². The van der Waals surface area contributed by atoms with E-state index in [2.05, 4.69) is 10.3 Å². The van der Waals surface area contributed by atoms with E-state index in [4.69, 9.17) is 14.8 Å². The molecular formula is C13H13N3O2. The maximum Gasteiger partial charge on any atom is 0.126 e. The molecule has 0 aliphatic rings. The molecular weight excluding hydrogens is 230 g/mol. The smallest absolute Gasteiger partial charge is 0.126 e. The van der Waals surface area contributed by atoms with Crippen molar-refractivity contribution in [3.05, 3.63) is 48.0 Å². The van der Waals surface area contributed by atoms with Crippen LogP contribution < -0.4 is 5.32 Å². The summed E-state index contributed by atoms with van der Waals surface area (Å²) in [5, 5.41) is 20.9. The zero-order valence-electron chi connectivity index (χ0n) is 9.71. The third kappa shape index (κ3) is 2.87. The minimum absolute atomic E-state index is 0.0502. The number of nitriles is 1. The Hall–Kier alpha value is -2.32. The summed E-state index contributed by atoms with van der Waals surface area (Å²) in [5.41, 5.74) is 0.511. The van der Waals surface area contributed by atoms with Gasteiger partial charge < -0.3 is 14.8 Å². The van der Waals surface area contributed by atoms with Crippen molar-refractivity contribution >= 4 is 5.82 Å². The molecule has 0 amide bonds. The van der Waals surface area contributed by atoms with Gasteiger partial charge in [-0.1, -0.05) is 0 Å². The molecule has 5 nitrogen and oxygen atoms in total. The van der Waals surface area contributed by atoms with E-state index in [1.807, 2.05) is 12.1 Å². The monoisotopic (exact) mass is 243 g/mol. The maximum atomic E-state index is 9.05. The zero-order valence-corrected chi connectivity index (χ0v) is 9.71. The number of rotatable bonds is 5. The average Bonchev–Trinajstić information content (AvgIpc) is 2.93. The summed E-state index contributed by atoms with van der Waals surface area (Å²) >= 11 is 0. The van der Waals surface area contributed by atoms with Crippen molar-refractivity contribution in [1.29, 1.82) is 5.26 Å². The van der Waals surface area contributed by atoms with E-state index in [1.54, 1.807) is 24.5 Å². The summed E-state index contributed by atoms with van der Waals surface area (Å²) in [6, 6.07) is 8.94. The Kier molecular flexibility index (Phi) is 3.94. The predicted octanol–water partition coefficient (Wildman–Crippen LogP) is 2.08. The molecule has 0 bridgehead atoms. The Morgan fingerprint density at radius 2 is 2.33 bits per heavy atom.